The van der Waals surface area contributed by atoms with Crippen LogP contribution in [0.3, 0.4) is 0 Å². The van der Waals surface area contributed by atoms with Gasteiger partial charge in [-0.3, -0.25) is 0 Å². The normalized spacial score (nSPS) is 10.9. The molecule has 2 heterocycles. The molecule has 0 fully saturated rings. The predicted molar refractivity (Wildman–Crippen MR) is 83.1 cm³/mol. The summed E-state index contributed by atoms with van der Waals surface area (Å²) in [6, 6.07) is 9.35. The highest BCUT2D eigenvalue weighted by molar-refractivity contribution is 6.33. The van der Waals surface area contributed by atoms with Crippen LogP contribution < -0.4 is 10.6 Å². The molecule has 3 N–H and O–H groups in total. The zero-order chi connectivity index (χ0) is 14.3. The zero-order valence-corrected chi connectivity index (χ0v) is 11.9. The fraction of sp³-hybridized carbons (Fsp3) is 0.143. The van der Waals surface area contributed by atoms with Crippen LogP contribution in [0.25, 0.3) is 22.6 Å². The number of H-pyrrole nitrogens is 1. The van der Waals surface area contributed by atoms with Gasteiger partial charge in [0.1, 0.15) is 11.6 Å². The molecule has 0 bridgehead atoms. The number of rotatable bonds is 2. The number of nitrogen functional groups attached to an aromatic ring is 1. The van der Waals surface area contributed by atoms with Crippen molar-refractivity contribution in [2.45, 2.75) is 0 Å². The van der Waals surface area contributed by atoms with Crippen molar-refractivity contribution < 1.29 is 0 Å². The van der Waals surface area contributed by atoms with Crippen molar-refractivity contribution in [3.05, 3.63) is 35.4 Å². The Morgan fingerprint density at radius 3 is 2.65 bits per heavy atom. The molecule has 0 aliphatic heterocycles. The summed E-state index contributed by atoms with van der Waals surface area (Å²) in [6.45, 7) is 0. The van der Waals surface area contributed by atoms with Crippen molar-refractivity contribution >= 4 is 34.3 Å². The first-order chi connectivity index (χ1) is 9.54. The third kappa shape index (κ3) is 2.16. The quantitative estimate of drug-likeness (QED) is 0.711. The Morgan fingerprint density at radius 1 is 1.15 bits per heavy atom. The third-order valence-electron chi connectivity index (χ3n) is 3.06. The molecule has 0 aliphatic carbocycles. The summed E-state index contributed by atoms with van der Waals surface area (Å²) in [4.78, 5) is 14.2. The van der Waals surface area contributed by atoms with Crippen LogP contribution in [-0.4, -0.2) is 29.0 Å². The van der Waals surface area contributed by atoms with Crippen LogP contribution in [0.4, 0.5) is 11.5 Å². The van der Waals surface area contributed by atoms with Gasteiger partial charge in [-0.05, 0) is 30.3 Å². The molecule has 1 aromatic carbocycles. The Kier molecular flexibility index (Phi) is 2.99. The highest BCUT2D eigenvalue weighted by Crippen LogP contribution is 2.26. The maximum atomic E-state index is 6.04. The molecule has 6 heteroatoms. The van der Waals surface area contributed by atoms with Gasteiger partial charge in [-0.15, -0.1) is 0 Å². The minimum atomic E-state index is 0.518. The van der Waals surface area contributed by atoms with E-state index >= 15 is 0 Å². The molecule has 20 heavy (non-hydrogen) atoms. The Bertz CT molecular complexity index is 778. The molecule has 0 saturated heterocycles. The summed E-state index contributed by atoms with van der Waals surface area (Å²) in [5.74, 6) is 1.59. The van der Waals surface area contributed by atoms with Crippen molar-refractivity contribution in [1.29, 1.82) is 0 Å². The van der Waals surface area contributed by atoms with Crippen LogP contribution in [-0.2, 0) is 0 Å². The van der Waals surface area contributed by atoms with E-state index in [2.05, 4.69) is 15.0 Å². The average Bonchev–Trinajstić information content (AvgIpc) is 2.84. The van der Waals surface area contributed by atoms with Gasteiger partial charge >= 0.3 is 0 Å². The molecule has 0 aliphatic rings. The van der Waals surface area contributed by atoms with E-state index in [0.29, 0.717) is 16.4 Å². The van der Waals surface area contributed by atoms with E-state index < -0.39 is 0 Å². The topological polar surface area (TPSA) is 70.8 Å². The number of fused-ring (bicyclic) bond motifs is 1. The number of aromatic amines is 1. The maximum absolute atomic E-state index is 6.04. The molecule has 0 saturated carbocycles. The number of hydrogen-bond acceptors (Lipinski definition) is 4. The molecular weight excluding hydrogens is 274 g/mol. The first kappa shape index (κ1) is 12.7. The van der Waals surface area contributed by atoms with Crippen LogP contribution in [0.15, 0.2) is 30.3 Å². The SMILES string of the molecule is CN(C)c1ccc2[nH]c(-c3ccc(N)c(Cl)c3)nc2n1. The van der Waals surface area contributed by atoms with Gasteiger partial charge in [0.15, 0.2) is 5.65 Å². The van der Waals surface area contributed by atoms with Crippen LogP contribution in [0, 0.1) is 0 Å². The molecule has 3 rings (SSSR count). The first-order valence-electron chi connectivity index (χ1n) is 6.14. The number of pyridine rings is 1. The average molecular weight is 288 g/mol. The summed E-state index contributed by atoms with van der Waals surface area (Å²) in [5.41, 5.74) is 8.72. The number of aromatic nitrogens is 3. The minimum Gasteiger partial charge on any atom is -0.398 e. The Morgan fingerprint density at radius 2 is 1.95 bits per heavy atom. The fourth-order valence-electron chi connectivity index (χ4n) is 1.94. The second-order valence-corrected chi connectivity index (χ2v) is 5.16. The van der Waals surface area contributed by atoms with Crippen LogP contribution in [0.1, 0.15) is 0 Å². The summed E-state index contributed by atoms with van der Waals surface area (Å²) < 4.78 is 0. The smallest absolute Gasteiger partial charge is 0.180 e. The van der Waals surface area contributed by atoms with Crippen LogP contribution in [0.2, 0.25) is 5.02 Å². The van der Waals surface area contributed by atoms with E-state index in [0.717, 1.165) is 22.7 Å². The van der Waals surface area contributed by atoms with E-state index in [4.69, 9.17) is 17.3 Å². The number of benzene rings is 1. The number of imidazole rings is 1. The molecule has 0 spiro atoms. The first-order valence-corrected chi connectivity index (χ1v) is 6.52. The predicted octanol–water partition coefficient (Wildman–Crippen LogP) is 2.93. The molecule has 0 amide bonds. The lowest BCUT2D eigenvalue weighted by atomic mass is 10.2. The molecule has 3 aromatic rings. The molecule has 2 aromatic heterocycles. The molecular formula is C14H14ClN5. The largest absolute Gasteiger partial charge is 0.398 e. The molecule has 0 radical (unpaired) electrons. The van der Waals surface area contributed by atoms with Crippen molar-refractivity contribution in [1.82, 2.24) is 15.0 Å². The number of nitrogens with two attached hydrogens (primary N) is 1. The second kappa shape index (κ2) is 4.68. The van der Waals surface area contributed by atoms with Gasteiger partial charge in [0.2, 0.25) is 0 Å². The lowest BCUT2D eigenvalue weighted by molar-refractivity contribution is 1.08. The fourth-order valence-corrected chi connectivity index (χ4v) is 2.12. The van der Waals surface area contributed by atoms with Gasteiger partial charge in [-0.2, -0.15) is 0 Å². The van der Waals surface area contributed by atoms with E-state index in [1.165, 1.54) is 0 Å². The highest BCUT2D eigenvalue weighted by atomic mass is 35.5. The monoisotopic (exact) mass is 287 g/mol. The summed E-state index contributed by atoms with van der Waals surface area (Å²) in [6.07, 6.45) is 0. The van der Waals surface area contributed by atoms with Crippen molar-refractivity contribution in [2.24, 2.45) is 0 Å². The van der Waals surface area contributed by atoms with E-state index in [-0.39, 0.29) is 0 Å². The van der Waals surface area contributed by atoms with Gasteiger partial charge in [-0.25, -0.2) is 9.97 Å². The number of hydrogen-bond donors (Lipinski definition) is 2. The van der Waals surface area contributed by atoms with Crippen molar-refractivity contribution in [3.63, 3.8) is 0 Å². The number of nitrogens with zero attached hydrogens (tertiary/aromatic N) is 3. The van der Waals surface area contributed by atoms with Crippen LogP contribution >= 0.6 is 11.6 Å². The standard InChI is InChI=1S/C14H14ClN5/c1-20(2)12-6-5-11-14(18-12)19-13(17-11)8-3-4-10(16)9(15)7-8/h3-7H,16H2,1-2H3,(H,17,18,19). The zero-order valence-electron chi connectivity index (χ0n) is 11.2. The summed E-state index contributed by atoms with van der Waals surface area (Å²) in [5, 5.41) is 0.518. The molecule has 0 unspecified atom stereocenters. The molecule has 0 atom stereocenters. The van der Waals surface area contributed by atoms with Gasteiger partial charge in [-0.1, -0.05) is 11.6 Å². The third-order valence-corrected chi connectivity index (χ3v) is 3.39. The van der Waals surface area contributed by atoms with Gasteiger partial charge in [0.25, 0.3) is 0 Å². The highest BCUT2D eigenvalue weighted by Gasteiger charge is 2.09. The van der Waals surface area contributed by atoms with E-state index in [9.17, 15) is 0 Å². The van der Waals surface area contributed by atoms with E-state index in [1.807, 2.05) is 37.2 Å². The minimum absolute atomic E-state index is 0.518. The Balaban J connectivity index is 2.10. The van der Waals surface area contributed by atoms with Crippen molar-refractivity contribution in [2.75, 3.05) is 24.7 Å². The van der Waals surface area contributed by atoms with Crippen LogP contribution in [0.5, 0.6) is 0 Å². The number of anilines is 2. The maximum Gasteiger partial charge on any atom is 0.180 e. The van der Waals surface area contributed by atoms with Gasteiger partial charge < -0.3 is 15.6 Å². The van der Waals surface area contributed by atoms with Gasteiger partial charge in [0.05, 0.1) is 16.2 Å². The Hall–Kier alpha value is -2.27. The van der Waals surface area contributed by atoms with Gasteiger partial charge in [0, 0.05) is 19.7 Å². The van der Waals surface area contributed by atoms with E-state index in [1.54, 1.807) is 12.1 Å². The second-order valence-electron chi connectivity index (χ2n) is 4.76. The summed E-state index contributed by atoms with van der Waals surface area (Å²) in [7, 11) is 3.89. The van der Waals surface area contributed by atoms with Crippen molar-refractivity contribution in [3.8, 4) is 11.4 Å². The number of halogens is 1. The lowest BCUT2D eigenvalue weighted by Crippen LogP contribution is -2.10. The molecule has 102 valence electrons. The molecule has 5 nitrogen and oxygen atoms in total. The number of nitrogens with one attached hydrogen (secondary N) is 1. The Labute approximate surface area is 121 Å². The summed E-state index contributed by atoms with van der Waals surface area (Å²) >= 11 is 6.04. The lowest BCUT2D eigenvalue weighted by Gasteiger charge is -2.09.